The summed E-state index contributed by atoms with van der Waals surface area (Å²) in [7, 11) is 0. The van der Waals surface area contributed by atoms with Gasteiger partial charge < -0.3 is 5.32 Å². The Kier molecular flexibility index (Phi) is 4.23. The lowest BCUT2D eigenvalue weighted by Gasteiger charge is -2.17. The van der Waals surface area contributed by atoms with Gasteiger partial charge in [-0.15, -0.1) is 0 Å². The minimum absolute atomic E-state index is 0.337. The molecule has 1 N–H and O–H groups in total. The van der Waals surface area contributed by atoms with Gasteiger partial charge in [-0.1, -0.05) is 18.2 Å². The van der Waals surface area contributed by atoms with Crippen LogP contribution in [0.25, 0.3) is 0 Å². The molecule has 1 aromatic carbocycles. The van der Waals surface area contributed by atoms with Crippen molar-refractivity contribution >= 4 is 24.2 Å². The van der Waals surface area contributed by atoms with Gasteiger partial charge in [0.05, 0.1) is 0 Å². The molecular weight excluding hydrogens is 239 g/mol. The van der Waals surface area contributed by atoms with E-state index in [0.717, 1.165) is 0 Å². The van der Waals surface area contributed by atoms with Crippen LogP contribution in [-0.4, -0.2) is 17.8 Å². The molecule has 0 radical (unpaired) electrons. The first-order valence-corrected chi connectivity index (χ1v) is 5.12. The van der Waals surface area contributed by atoms with Crippen LogP contribution in [0.4, 0.5) is 18.9 Å². The summed E-state index contributed by atoms with van der Waals surface area (Å²) in [4.78, 5) is 11.3. The zero-order valence-electron chi connectivity index (χ0n) is 8.16. The van der Waals surface area contributed by atoms with Crippen LogP contribution in [0.3, 0.4) is 0 Å². The maximum absolute atomic E-state index is 12.4. The quantitative estimate of drug-likeness (QED) is 0.792. The standard InChI is InChI=1S/C10H10F3NOS/c11-10(12,13)8(6-16)9(15)14-7-4-2-1-3-5-7/h1-5,8,16H,6H2,(H,14,15). The molecule has 1 rings (SSSR count). The van der Waals surface area contributed by atoms with E-state index in [1.54, 1.807) is 18.2 Å². The van der Waals surface area contributed by atoms with E-state index in [2.05, 4.69) is 17.9 Å². The van der Waals surface area contributed by atoms with E-state index >= 15 is 0 Å². The first-order chi connectivity index (χ1) is 7.45. The molecule has 0 aliphatic heterocycles. The van der Waals surface area contributed by atoms with E-state index < -0.39 is 23.8 Å². The lowest BCUT2D eigenvalue weighted by molar-refractivity contribution is -0.174. The van der Waals surface area contributed by atoms with Gasteiger partial charge in [0, 0.05) is 11.4 Å². The van der Waals surface area contributed by atoms with Gasteiger partial charge >= 0.3 is 6.18 Å². The number of thiol groups is 1. The number of alkyl halides is 3. The summed E-state index contributed by atoms with van der Waals surface area (Å²) in [6.07, 6.45) is -4.57. The first-order valence-electron chi connectivity index (χ1n) is 4.48. The van der Waals surface area contributed by atoms with Gasteiger partial charge in [-0.25, -0.2) is 0 Å². The van der Waals surface area contributed by atoms with E-state index in [9.17, 15) is 18.0 Å². The van der Waals surface area contributed by atoms with Crippen LogP contribution in [-0.2, 0) is 4.79 Å². The third-order valence-corrected chi connectivity index (χ3v) is 2.30. The fourth-order valence-electron chi connectivity index (χ4n) is 1.09. The van der Waals surface area contributed by atoms with E-state index in [1.165, 1.54) is 12.1 Å². The fraction of sp³-hybridized carbons (Fsp3) is 0.300. The molecule has 0 aromatic heterocycles. The van der Waals surface area contributed by atoms with Crippen molar-refractivity contribution in [1.29, 1.82) is 0 Å². The van der Waals surface area contributed by atoms with Crippen LogP contribution in [0.1, 0.15) is 0 Å². The van der Waals surface area contributed by atoms with Gasteiger partial charge in [0.25, 0.3) is 0 Å². The summed E-state index contributed by atoms with van der Waals surface area (Å²) in [5.74, 6) is -3.74. The van der Waals surface area contributed by atoms with Crippen LogP contribution in [0.15, 0.2) is 30.3 Å². The number of benzene rings is 1. The molecule has 0 heterocycles. The highest BCUT2D eigenvalue weighted by molar-refractivity contribution is 7.80. The topological polar surface area (TPSA) is 29.1 Å². The molecule has 0 saturated heterocycles. The Bertz CT molecular complexity index is 353. The van der Waals surface area contributed by atoms with Crippen LogP contribution in [0.5, 0.6) is 0 Å². The Morgan fingerprint density at radius 2 is 1.88 bits per heavy atom. The van der Waals surface area contributed by atoms with E-state index in [-0.39, 0.29) is 0 Å². The minimum atomic E-state index is -4.57. The zero-order valence-corrected chi connectivity index (χ0v) is 9.05. The predicted octanol–water partition coefficient (Wildman–Crippen LogP) is 2.73. The van der Waals surface area contributed by atoms with E-state index in [0.29, 0.717) is 5.69 Å². The van der Waals surface area contributed by atoms with Crippen LogP contribution in [0.2, 0.25) is 0 Å². The molecule has 6 heteroatoms. The first kappa shape index (κ1) is 12.9. The monoisotopic (exact) mass is 249 g/mol. The second-order valence-electron chi connectivity index (χ2n) is 3.13. The second kappa shape index (κ2) is 5.25. The molecule has 88 valence electrons. The Morgan fingerprint density at radius 1 is 1.31 bits per heavy atom. The second-order valence-corrected chi connectivity index (χ2v) is 3.50. The largest absolute Gasteiger partial charge is 0.401 e. The molecule has 0 bridgehead atoms. The highest BCUT2D eigenvalue weighted by Gasteiger charge is 2.43. The summed E-state index contributed by atoms with van der Waals surface area (Å²) >= 11 is 3.53. The van der Waals surface area contributed by atoms with Crippen LogP contribution in [0, 0.1) is 5.92 Å². The van der Waals surface area contributed by atoms with Gasteiger partial charge in [-0.2, -0.15) is 25.8 Å². The van der Waals surface area contributed by atoms with Gasteiger partial charge in [-0.05, 0) is 12.1 Å². The number of halogens is 3. The zero-order chi connectivity index (χ0) is 12.2. The van der Waals surface area contributed by atoms with Crippen LogP contribution >= 0.6 is 12.6 Å². The lowest BCUT2D eigenvalue weighted by atomic mass is 10.1. The number of carbonyl (C=O) groups is 1. The molecule has 1 unspecified atom stereocenters. The summed E-state index contributed by atoms with van der Waals surface area (Å²) < 4.78 is 37.1. The van der Waals surface area contributed by atoms with Crippen molar-refractivity contribution < 1.29 is 18.0 Å². The molecule has 1 atom stereocenters. The van der Waals surface area contributed by atoms with Crippen LogP contribution < -0.4 is 5.32 Å². The normalized spacial score (nSPS) is 13.2. The fourth-order valence-corrected chi connectivity index (χ4v) is 1.46. The SMILES string of the molecule is O=C(Nc1ccccc1)C(CS)C(F)(F)F. The number of hydrogen-bond donors (Lipinski definition) is 2. The molecule has 0 aliphatic rings. The van der Waals surface area contributed by atoms with Crippen molar-refractivity contribution in [2.75, 3.05) is 11.1 Å². The number of rotatable bonds is 3. The molecule has 0 spiro atoms. The molecule has 2 nitrogen and oxygen atoms in total. The maximum Gasteiger partial charge on any atom is 0.401 e. The Labute approximate surface area is 96.3 Å². The average Bonchev–Trinajstić information content (AvgIpc) is 2.17. The third kappa shape index (κ3) is 3.44. The highest BCUT2D eigenvalue weighted by Crippen LogP contribution is 2.28. The molecule has 16 heavy (non-hydrogen) atoms. The third-order valence-electron chi connectivity index (χ3n) is 1.94. The number of anilines is 1. The summed E-state index contributed by atoms with van der Waals surface area (Å²) in [5.41, 5.74) is 0.337. The number of nitrogens with one attached hydrogen (secondary N) is 1. The number of amides is 1. The van der Waals surface area contributed by atoms with Gasteiger partial charge in [-0.3, -0.25) is 4.79 Å². The smallest absolute Gasteiger partial charge is 0.326 e. The summed E-state index contributed by atoms with van der Waals surface area (Å²) in [6, 6.07) is 7.99. The van der Waals surface area contributed by atoms with Crippen molar-refractivity contribution in [2.24, 2.45) is 5.92 Å². The molecule has 0 aliphatic carbocycles. The number of para-hydroxylation sites is 1. The molecule has 1 aromatic rings. The Morgan fingerprint density at radius 3 is 2.31 bits per heavy atom. The van der Waals surface area contributed by atoms with Crippen molar-refractivity contribution in [3.05, 3.63) is 30.3 Å². The van der Waals surface area contributed by atoms with Gasteiger partial charge in [0.2, 0.25) is 5.91 Å². The molecule has 1 amide bonds. The lowest BCUT2D eigenvalue weighted by Crippen LogP contribution is -2.36. The van der Waals surface area contributed by atoms with E-state index in [4.69, 9.17) is 0 Å². The molecule has 0 saturated carbocycles. The number of carbonyl (C=O) groups excluding carboxylic acids is 1. The molecule has 0 fully saturated rings. The van der Waals surface area contributed by atoms with Gasteiger partial charge in [0.1, 0.15) is 5.92 Å². The predicted molar refractivity (Wildman–Crippen MR) is 58.5 cm³/mol. The maximum atomic E-state index is 12.4. The molecular formula is C10H10F3NOS. The Balaban J connectivity index is 2.71. The van der Waals surface area contributed by atoms with Crippen molar-refractivity contribution in [2.45, 2.75) is 6.18 Å². The summed E-state index contributed by atoms with van der Waals surface area (Å²) in [5, 5.41) is 2.19. The van der Waals surface area contributed by atoms with Crippen molar-refractivity contribution in [1.82, 2.24) is 0 Å². The highest BCUT2D eigenvalue weighted by atomic mass is 32.1. The van der Waals surface area contributed by atoms with E-state index in [1.807, 2.05) is 0 Å². The van der Waals surface area contributed by atoms with Crippen molar-refractivity contribution in [3.8, 4) is 0 Å². The van der Waals surface area contributed by atoms with Gasteiger partial charge in [0.15, 0.2) is 0 Å². The van der Waals surface area contributed by atoms with Crippen molar-refractivity contribution in [3.63, 3.8) is 0 Å². The minimum Gasteiger partial charge on any atom is -0.326 e. The average molecular weight is 249 g/mol. The Hall–Kier alpha value is -1.17. The summed E-state index contributed by atoms with van der Waals surface area (Å²) in [6.45, 7) is 0. The number of hydrogen-bond acceptors (Lipinski definition) is 2.